The number of sulfone groups is 1. The van der Waals surface area contributed by atoms with E-state index >= 15 is 0 Å². The van der Waals surface area contributed by atoms with Gasteiger partial charge in [0, 0.05) is 25.2 Å². The fourth-order valence-electron chi connectivity index (χ4n) is 2.80. The first-order valence-electron chi connectivity index (χ1n) is 6.76. The molecule has 2 N–H and O–H groups in total. The monoisotopic (exact) mass is 326 g/mol. The largest absolute Gasteiger partial charge is 0.396 e. The van der Waals surface area contributed by atoms with Crippen LogP contribution in [0, 0.1) is 5.92 Å². The van der Waals surface area contributed by atoms with Gasteiger partial charge in [-0.2, -0.15) is 17.4 Å². The second-order valence-corrected chi connectivity index (χ2v) is 9.89. The highest BCUT2D eigenvalue weighted by Gasteiger charge is 2.42. The van der Waals surface area contributed by atoms with Crippen molar-refractivity contribution in [3.05, 3.63) is 0 Å². The second-order valence-electron chi connectivity index (χ2n) is 6.03. The van der Waals surface area contributed by atoms with Crippen LogP contribution in [0.15, 0.2) is 0 Å². The number of rotatable bonds is 4. The minimum atomic E-state index is -3.67. The van der Waals surface area contributed by atoms with Crippen molar-refractivity contribution in [3.63, 3.8) is 0 Å². The zero-order valence-electron chi connectivity index (χ0n) is 11.6. The molecule has 2 fully saturated rings. The van der Waals surface area contributed by atoms with Gasteiger partial charge in [-0.05, 0) is 32.1 Å². The Labute approximate surface area is 120 Å². The van der Waals surface area contributed by atoms with Crippen molar-refractivity contribution in [1.29, 1.82) is 0 Å². The highest BCUT2D eigenvalue weighted by Crippen LogP contribution is 2.25. The number of nitrogens with zero attached hydrogens (tertiary/aromatic N) is 1. The molecule has 0 spiro atoms. The van der Waals surface area contributed by atoms with Gasteiger partial charge < -0.3 is 5.11 Å². The molecule has 2 rings (SSSR count). The van der Waals surface area contributed by atoms with Crippen molar-refractivity contribution in [2.75, 3.05) is 31.2 Å². The van der Waals surface area contributed by atoms with E-state index in [-0.39, 0.29) is 24.0 Å². The predicted molar refractivity (Wildman–Crippen MR) is 75.1 cm³/mol. The van der Waals surface area contributed by atoms with Crippen LogP contribution in [0.1, 0.15) is 26.2 Å². The summed E-state index contributed by atoms with van der Waals surface area (Å²) in [6.07, 6.45) is 1.57. The maximum atomic E-state index is 12.3. The van der Waals surface area contributed by atoms with E-state index in [0.29, 0.717) is 32.4 Å². The lowest BCUT2D eigenvalue weighted by molar-refractivity contribution is 0.169. The quantitative estimate of drug-likeness (QED) is 0.697. The minimum absolute atomic E-state index is 0.0264. The van der Waals surface area contributed by atoms with Gasteiger partial charge in [-0.25, -0.2) is 8.42 Å². The van der Waals surface area contributed by atoms with Gasteiger partial charge in [-0.15, -0.1) is 0 Å². The van der Waals surface area contributed by atoms with E-state index in [0.717, 1.165) is 0 Å². The minimum Gasteiger partial charge on any atom is -0.396 e. The zero-order valence-corrected chi connectivity index (χ0v) is 13.2. The van der Waals surface area contributed by atoms with Crippen molar-refractivity contribution in [2.45, 2.75) is 31.7 Å². The Morgan fingerprint density at radius 2 is 1.95 bits per heavy atom. The Bertz CT molecular complexity index is 551. The van der Waals surface area contributed by atoms with Gasteiger partial charge in [0.05, 0.1) is 11.5 Å². The summed E-state index contributed by atoms with van der Waals surface area (Å²) in [5, 5.41) is 9.06. The lowest BCUT2D eigenvalue weighted by Crippen LogP contribution is -2.54. The molecule has 2 saturated heterocycles. The number of aliphatic hydroxyl groups is 1. The summed E-state index contributed by atoms with van der Waals surface area (Å²) in [4.78, 5) is 0. The van der Waals surface area contributed by atoms with E-state index in [1.165, 1.54) is 4.31 Å². The molecule has 9 heteroatoms. The van der Waals surface area contributed by atoms with Crippen LogP contribution in [0.25, 0.3) is 0 Å². The smallest absolute Gasteiger partial charge is 0.279 e. The van der Waals surface area contributed by atoms with Crippen LogP contribution >= 0.6 is 0 Å². The second kappa shape index (κ2) is 5.53. The molecule has 0 amide bonds. The van der Waals surface area contributed by atoms with E-state index in [4.69, 9.17) is 5.11 Å². The topological polar surface area (TPSA) is 104 Å². The molecular weight excluding hydrogens is 304 g/mol. The van der Waals surface area contributed by atoms with Crippen LogP contribution in [0.3, 0.4) is 0 Å². The van der Waals surface area contributed by atoms with Crippen molar-refractivity contribution >= 4 is 20.0 Å². The maximum Gasteiger partial charge on any atom is 0.279 e. The molecule has 2 aliphatic heterocycles. The Kier molecular flexibility index (Phi) is 4.46. The first-order chi connectivity index (χ1) is 9.16. The summed E-state index contributed by atoms with van der Waals surface area (Å²) in [5.74, 6) is 0.0363. The molecule has 1 atom stereocenters. The average Bonchev–Trinajstić information content (AvgIpc) is 2.62. The molecule has 0 radical (unpaired) electrons. The number of piperidine rings is 1. The van der Waals surface area contributed by atoms with Crippen molar-refractivity contribution < 1.29 is 21.9 Å². The fourth-order valence-corrected chi connectivity index (χ4v) is 6.60. The Morgan fingerprint density at radius 3 is 2.40 bits per heavy atom. The van der Waals surface area contributed by atoms with E-state index in [9.17, 15) is 16.8 Å². The normalized spacial score (nSPS) is 32.5. The summed E-state index contributed by atoms with van der Waals surface area (Å²) in [6, 6.07) is 0. The molecule has 2 heterocycles. The first kappa shape index (κ1) is 16.2. The third-order valence-corrected chi connectivity index (χ3v) is 7.75. The Balaban J connectivity index is 2.02. The molecule has 20 heavy (non-hydrogen) atoms. The third kappa shape index (κ3) is 3.70. The summed E-state index contributed by atoms with van der Waals surface area (Å²) >= 11 is 0. The third-order valence-electron chi connectivity index (χ3n) is 4.05. The lowest BCUT2D eigenvalue weighted by Gasteiger charge is -2.33. The fraction of sp³-hybridized carbons (Fsp3) is 1.00. The molecule has 0 aromatic carbocycles. The van der Waals surface area contributed by atoms with Gasteiger partial charge in [0.1, 0.15) is 0 Å². The lowest BCUT2D eigenvalue weighted by atomic mass is 10.00. The molecule has 0 bridgehead atoms. The Hall–Kier alpha value is -0.220. The summed E-state index contributed by atoms with van der Waals surface area (Å²) < 4.78 is 51.5. The van der Waals surface area contributed by atoms with Gasteiger partial charge in [-0.1, -0.05) is 0 Å². The number of nitrogens with one attached hydrogen (secondary N) is 1. The zero-order chi connectivity index (χ0) is 15.0. The van der Waals surface area contributed by atoms with E-state index < -0.39 is 25.6 Å². The summed E-state index contributed by atoms with van der Waals surface area (Å²) in [5.41, 5.74) is -0.911. The molecule has 0 aliphatic carbocycles. The van der Waals surface area contributed by atoms with E-state index in [1.807, 2.05) is 0 Å². The van der Waals surface area contributed by atoms with Gasteiger partial charge in [0.25, 0.3) is 10.2 Å². The average molecular weight is 326 g/mol. The molecule has 2 aliphatic rings. The van der Waals surface area contributed by atoms with Gasteiger partial charge in [0.2, 0.25) is 0 Å². The van der Waals surface area contributed by atoms with Crippen LogP contribution in [0.4, 0.5) is 0 Å². The predicted octanol–water partition coefficient (Wildman–Crippen LogP) is -0.898. The molecule has 0 aromatic rings. The highest BCUT2D eigenvalue weighted by molar-refractivity contribution is 7.92. The number of hydrogen-bond acceptors (Lipinski definition) is 5. The van der Waals surface area contributed by atoms with Gasteiger partial charge >= 0.3 is 0 Å². The molecule has 0 aromatic heterocycles. The van der Waals surface area contributed by atoms with Crippen LogP contribution < -0.4 is 4.72 Å². The maximum absolute atomic E-state index is 12.3. The SMILES string of the molecule is CC1(NS(=O)(=O)N2CCC(CO)CC2)CCS(=O)(=O)C1. The molecule has 118 valence electrons. The number of aliphatic hydroxyl groups excluding tert-OH is 1. The standard InChI is InChI=1S/C11H22N2O5S2/c1-11(4-7-19(15,16)9-11)12-20(17,18)13-5-2-10(8-14)3-6-13/h10,12,14H,2-9H2,1H3. The van der Waals surface area contributed by atoms with Gasteiger partial charge in [0.15, 0.2) is 9.84 Å². The molecule has 7 nitrogen and oxygen atoms in total. The molecular formula is C11H22N2O5S2. The van der Waals surface area contributed by atoms with Gasteiger partial charge in [-0.3, -0.25) is 0 Å². The van der Waals surface area contributed by atoms with E-state index in [2.05, 4.69) is 4.72 Å². The summed E-state index contributed by atoms with van der Waals surface area (Å²) in [6.45, 7) is 2.44. The van der Waals surface area contributed by atoms with Crippen LogP contribution in [0.5, 0.6) is 0 Å². The van der Waals surface area contributed by atoms with Crippen LogP contribution in [-0.4, -0.2) is 63.0 Å². The summed E-state index contributed by atoms with van der Waals surface area (Å²) in [7, 11) is -6.82. The van der Waals surface area contributed by atoms with E-state index in [1.54, 1.807) is 6.92 Å². The van der Waals surface area contributed by atoms with Crippen molar-refractivity contribution in [2.24, 2.45) is 5.92 Å². The van der Waals surface area contributed by atoms with Crippen LogP contribution in [-0.2, 0) is 20.0 Å². The Morgan fingerprint density at radius 1 is 1.35 bits per heavy atom. The number of hydrogen-bond donors (Lipinski definition) is 2. The van der Waals surface area contributed by atoms with Crippen LogP contribution in [0.2, 0.25) is 0 Å². The highest BCUT2D eigenvalue weighted by atomic mass is 32.2. The van der Waals surface area contributed by atoms with Crippen molar-refractivity contribution in [3.8, 4) is 0 Å². The molecule has 1 unspecified atom stereocenters. The van der Waals surface area contributed by atoms with Crippen molar-refractivity contribution in [1.82, 2.24) is 9.03 Å². The first-order valence-corrected chi connectivity index (χ1v) is 10.0. The molecule has 0 saturated carbocycles.